The highest BCUT2D eigenvalue weighted by molar-refractivity contribution is 5.94. The first-order valence-corrected chi connectivity index (χ1v) is 10.6. The van der Waals surface area contributed by atoms with E-state index < -0.39 is 29.8 Å². The summed E-state index contributed by atoms with van der Waals surface area (Å²) >= 11 is 0. The zero-order chi connectivity index (χ0) is 24.1. The molecule has 1 saturated heterocycles. The van der Waals surface area contributed by atoms with E-state index in [2.05, 4.69) is 21.0 Å². The quantitative estimate of drug-likeness (QED) is 0.676. The molecule has 1 aromatic carbocycles. The summed E-state index contributed by atoms with van der Waals surface area (Å²) in [6.07, 6.45) is -4.21. The molecule has 0 saturated carbocycles. The molecule has 12 heteroatoms. The fourth-order valence-corrected chi connectivity index (χ4v) is 4.40. The van der Waals surface area contributed by atoms with Crippen molar-refractivity contribution in [1.82, 2.24) is 30.5 Å². The average Bonchev–Trinajstić information content (AvgIpc) is 3.20. The monoisotopic (exact) mass is 468 g/mol. The molecule has 0 bridgehead atoms. The molecule has 2 N–H and O–H groups in total. The second-order valence-corrected chi connectivity index (χ2v) is 8.75. The third-order valence-electron chi connectivity index (χ3n) is 6.50. The summed E-state index contributed by atoms with van der Waals surface area (Å²) < 4.78 is 55.1. The summed E-state index contributed by atoms with van der Waals surface area (Å²) in [6, 6.07) is 3.40. The largest absolute Gasteiger partial charge is 0.451 e. The Hall–Kier alpha value is -3.02. The number of nitrogens with one attached hydrogen (secondary N) is 2. The number of benzene rings is 1. The SMILES string of the molecule is CC1C(=O)NNC(Cc2ccc(F)c(C(=O)N3Cc4nnc(C(F)(F)F)n4C(C)C3)c2)C1C. The summed E-state index contributed by atoms with van der Waals surface area (Å²) in [7, 11) is 0. The highest BCUT2D eigenvalue weighted by atomic mass is 19.4. The third kappa shape index (κ3) is 4.31. The minimum Gasteiger partial charge on any atom is -0.329 e. The first kappa shape index (κ1) is 23.1. The predicted molar refractivity (Wildman–Crippen MR) is 108 cm³/mol. The van der Waals surface area contributed by atoms with Gasteiger partial charge in [0.25, 0.3) is 5.91 Å². The second-order valence-electron chi connectivity index (χ2n) is 8.75. The van der Waals surface area contributed by atoms with E-state index in [1.54, 1.807) is 6.07 Å². The van der Waals surface area contributed by atoms with E-state index in [0.717, 1.165) is 4.57 Å². The normalized spacial score (nSPS) is 25.5. The highest BCUT2D eigenvalue weighted by Gasteiger charge is 2.42. The zero-order valence-electron chi connectivity index (χ0n) is 18.3. The van der Waals surface area contributed by atoms with Crippen LogP contribution in [0.1, 0.15) is 54.4 Å². The number of amides is 2. The predicted octanol–water partition coefficient (Wildman–Crippen LogP) is 2.47. The van der Waals surface area contributed by atoms with Crippen LogP contribution in [0.4, 0.5) is 17.6 Å². The molecule has 2 aliphatic rings. The van der Waals surface area contributed by atoms with Crippen molar-refractivity contribution >= 4 is 11.8 Å². The van der Waals surface area contributed by atoms with Gasteiger partial charge in [-0.3, -0.25) is 15.0 Å². The summed E-state index contributed by atoms with van der Waals surface area (Å²) in [6.45, 7) is 5.05. The summed E-state index contributed by atoms with van der Waals surface area (Å²) in [5.41, 5.74) is 6.12. The van der Waals surface area contributed by atoms with Crippen LogP contribution >= 0.6 is 0 Å². The van der Waals surface area contributed by atoms with Gasteiger partial charge in [0.15, 0.2) is 5.82 Å². The maximum Gasteiger partial charge on any atom is 0.451 e. The number of hydrazine groups is 1. The van der Waals surface area contributed by atoms with Crippen molar-refractivity contribution in [1.29, 1.82) is 0 Å². The molecule has 2 aliphatic heterocycles. The average molecular weight is 468 g/mol. The molecule has 4 rings (SSSR count). The number of carbonyl (C=O) groups is 2. The van der Waals surface area contributed by atoms with Gasteiger partial charge < -0.3 is 9.47 Å². The van der Waals surface area contributed by atoms with Gasteiger partial charge in [0.1, 0.15) is 5.82 Å². The van der Waals surface area contributed by atoms with Gasteiger partial charge >= 0.3 is 6.18 Å². The molecule has 33 heavy (non-hydrogen) atoms. The van der Waals surface area contributed by atoms with Crippen molar-refractivity contribution in [3.05, 3.63) is 46.8 Å². The minimum atomic E-state index is -4.66. The van der Waals surface area contributed by atoms with Crippen molar-refractivity contribution in [2.75, 3.05) is 6.54 Å². The Kier molecular flexibility index (Phi) is 5.89. The molecule has 1 aromatic heterocycles. The van der Waals surface area contributed by atoms with E-state index in [-0.39, 0.29) is 48.3 Å². The smallest absolute Gasteiger partial charge is 0.329 e. The van der Waals surface area contributed by atoms with Gasteiger partial charge in [-0.05, 0) is 37.0 Å². The number of halogens is 4. The summed E-state index contributed by atoms with van der Waals surface area (Å²) in [5, 5.41) is 6.84. The van der Waals surface area contributed by atoms with Crippen LogP contribution in [0, 0.1) is 17.7 Å². The number of fused-ring (bicyclic) bond motifs is 1. The Morgan fingerprint density at radius 1 is 1.21 bits per heavy atom. The molecule has 4 atom stereocenters. The van der Waals surface area contributed by atoms with Gasteiger partial charge in [-0.2, -0.15) is 13.2 Å². The zero-order valence-corrected chi connectivity index (χ0v) is 18.3. The molecular weight excluding hydrogens is 444 g/mol. The Balaban J connectivity index is 1.54. The summed E-state index contributed by atoms with van der Waals surface area (Å²) in [4.78, 5) is 26.2. The van der Waals surface area contributed by atoms with E-state index in [4.69, 9.17) is 0 Å². The van der Waals surface area contributed by atoms with Crippen molar-refractivity contribution in [2.45, 2.75) is 52.0 Å². The van der Waals surface area contributed by atoms with E-state index in [1.807, 2.05) is 13.8 Å². The van der Waals surface area contributed by atoms with Crippen LogP contribution in [0.3, 0.4) is 0 Å². The molecule has 2 amide bonds. The Morgan fingerprint density at radius 2 is 1.94 bits per heavy atom. The minimum absolute atomic E-state index is 0.00375. The van der Waals surface area contributed by atoms with Crippen LogP contribution in [-0.4, -0.2) is 44.1 Å². The molecule has 0 spiro atoms. The number of aromatic nitrogens is 3. The van der Waals surface area contributed by atoms with Crippen molar-refractivity contribution in [3.8, 4) is 0 Å². The first-order chi connectivity index (χ1) is 15.5. The van der Waals surface area contributed by atoms with Crippen LogP contribution in [0.25, 0.3) is 0 Å². The van der Waals surface area contributed by atoms with E-state index in [1.165, 1.54) is 24.0 Å². The fraction of sp³-hybridized carbons (Fsp3) is 0.524. The van der Waals surface area contributed by atoms with Gasteiger partial charge in [-0.25, -0.2) is 9.82 Å². The Bertz CT molecular complexity index is 1090. The standard InChI is InChI=1S/C21H24F4N6O2/c1-10-8-30(9-17-27-29-20(31(10)17)21(23,24)25)19(33)14-6-13(4-5-15(14)22)7-16-11(2)12(3)18(32)28-26-16/h4-6,10-12,16,26H,7-9H2,1-3H3,(H,28,32). The highest BCUT2D eigenvalue weighted by Crippen LogP contribution is 2.33. The maximum absolute atomic E-state index is 14.6. The van der Waals surface area contributed by atoms with Crippen LogP contribution in [0.5, 0.6) is 0 Å². The number of rotatable bonds is 3. The van der Waals surface area contributed by atoms with E-state index >= 15 is 0 Å². The molecule has 2 aromatic rings. The van der Waals surface area contributed by atoms with Crippen LogP contribution in [0.2, 0.25) is 0 Å². The lowest BCUT2D eigenvalue weighted by Crippen LogP contribution is -2.58. The maximum atomic E-state index is 14.6. The molecule has 3 heterocycles. The third-order valence-corrected chi connectivity index (χ3v) is 6.50. The van der Waals surface area contributed by atoms with Crippen LogP contribution in [0.15, 0.2) is 18.2 Å². The van der Waals surface area contributed by atoms with Gasteiger partial charge in [-0.1, -0.05) is 19.9 Å². The molecule has 0 aliphatic carbocycles. The van der Waals surface area contributed by atoms with Gasteiger partial charge in [0.05, 0.1) is 18.2 Å². The van der Waals surface area contributed by atoms with Crippen molar-refractivity contribution in [2.24, 2.45) is 11.8 Å². The molecule has 0 radical (unpaired) electrons. The van der Waals surface area contributed by atoms with Crippen LogP contribution in [-0.2, 0) is 23.9 Å². The topological polar surface area (TPSA) is 92.2 Å². The van der Waals surface area contributed by atoms with Crippen LogP contribution < -0.4 is 10.9 Å². The van der Waals surface area contributed by atoms with Gasteiger partial charge in [-0.15, -0.1) is 10.2 Å². The number of carbonyl (C=O) groups excluding carboxylic acids is 2. The van der Waals surface area contributed by atoms with E-state index in [0.29, 0.717) is 12.0 Å². The second kappa shape index (κ2) is 8.40. The Morgan fingerprint density at radius 3 is 2.64 bits per heavy atom. The lowest BCUT2D eigenvalue weighted by Gasteiger charge is -2.35. The molecular formula is C21H24F4N6O2. The molecule has 1 fully saturated rings. The van der Waals surface area contributed by atoms with Gasteiger partial charge in [0.2, 0.25) is 11.7 Å². The fourth-order valence-electron chi connectivity index (χ4n) is 4.40. The molecule has 4 unspecified atom stereocenters. The number of hydrogen-bond donors (Lipinski definition) is 2. The first-order valence-electron chi connectivity index (χ1n) is 10.6. The number of alkyl halides is 3. The number of hydrogen-bond acceptors (Lipinski definition) is 5. The lowest BCUT2D eigenvalue weighted by molar-refractivity contribution is -0.148. The van der Waals surface area contributed by atoms with Gasteiger partial charge in [0, 0.05) is 18.5 Å². The summed E-state index contributed by atoms with van der Waals surface area (Å²) in [5.74, 6) is -2.75. The van der Waals surface area contributed by atoms with E-state index in [9.17, 15) is 27.2 Å². The Labute approximate surface area is 187 Å². The number of nitrogens with zero attached hydrogens (tertiary/aromatic N) is 4. The molecule has 8 nitrogen and oxygen atoms in total. The lowest BCUT2D eigenvalue weighted by atomic mass is 9.84. The van der Waals surface area contributed by atoms with Crippen molar-refractivity contribution in [3.63, 3.8) is 0 Å². The molecule has 178 valence electrons. The van der Waals surface area contributed by atoms with Crippen molar-refractivity contribution < 1.29 is 27.2 Å².